The van der Waals surface area contributed by atoms with Crippen molar-refractivity contribution in [2.45, 2.75) is 26.8 Å². The summed E-state index contributed by atoms with van der Waals surface area (Å²) >= 11 is 6.54. The molecule has 0 spiro atoms. The molecule has 0 saturated carbocycles. The van der Waals surface area contributed by atoms with Crippen LogP contribution in [0.2, 0.25) is 0 Å². The number of aryl methyl sites for hydroxylation is 2. The van der Waals surface area contributed by atoms with Gasteiger partial charge in [-0.3, -0.25) is 14.6 Å². The summed E-state index contributed by atoms with van der Waals surface area (Å²) in [6.07, 6.45) is 0. The number of amides is 1. The number of fused-ring (bicyclic) bond motifs is 1. The molecule has 1 atom stereocenters. The molecule has 1 aromatic carbocycles. The average Bonchev–Trinajstić information content (AvgIpc) is 2.85. The van der Waals surface area contributed by atoms with Gasteiger partial charge >= 0.3 is 0 Å². The Morgan fingerprint density at radius 3 is 2.75 bits per heavy atom. The van der Waals surface area contributed by atoms with Crippen LogP contribution < -0.4 is 10.9 Å². The van der Waals surface area contributed by atoms with Gasteiger partial charge in [-0.25, -0.2) is 4.98 Å². The summed E-state index contributed by atoms with van der Waals surface area (Å²) in [6.45, 7) is 5.81. The number of aromatic amines is 2. The Morgan fingerprint density at radius 1 is 1.33 bits per heavy atom. The first-order valence-corrected chi connectivity index (χ1v) is 8.59. The lowest BCUT2D eigenvalue weighted by atomic mass is 10.1. The Kier molecular flexibility index (Phi) is 4.33. The second-order valence-electron chi connectivity index (χ2n) is 5.55. The van der Waals surface area contributed by atoms with Crippen LogP contribution in [-0.4, -0.2) is 20.9 Å². The molecule has 3 aromatic rings. The highest BCUT2D eigenvalue weighted by atomic mass is 32.1. The number of carbonyl (C=O) groups excluding carboxylic acids is 1. The molecule has 0 saturated heterocycles. The molecule has 24 heavy (non-hydrogen) atoms. The molecule has 2 aromatic heterocycles. The first-order valence-electron chi connectivity index (χ1n) is 7.36. The summed E-state index contributed by atoms with van der Waals surface area (Å²) in [5.41, 5.74) is 1.66. The van der Waals surface area contributed by atoms with Crippen LogP contribution in [0, 0.1) is 18.6 Å². The fraction of sp³-hybridized carbons (Fsp3) is 0.250. The van der Waals surface area contributed by atoms with Crippen molar-refractivity contribution in [1.29, 1.82) is 0 Å². The van der Waals surface area contributed by atoms with E-state index in [0.29, 0.717) is 16.5 Å². The molecule has 0 bridgehead atoms. The maximum Gasteiger partial charge on any atom is 0.259 e. The van der Waals surface area contributed by atoms with Crippen molar-refractivity contribution in [1.82, 2.24) is 20.3 Å². The van der Waals surface area contributed by atoms with Crippen molar-refractivity contribution < 1.29 is 4.79 Å². The van der Waals surface area contributed by atoms with E-state index >= 15 is 0 Å². The van der Waals surface area contributed by atoms with Gasteiger partial charge in [-0.15, -0.1) is 11.3 Å². The molecule has 1 unspecified atom stereocenters. The summed E-state index contributed by atoms with van der Waals surface area (Å²) < 4.78 is 0.231. The van der Waals surface area contributed by atoms with Crippen molar-refractivity contribution in [2.24, 2.45) is 0 Å². The minimum Gasteiger partial charge on any atom is -0.345 e. The smallest absolute Gasteiger partial charge is 0.259 e. The van der Waals surface area contributed by atoms with E-state index in [2.05, 4.69) is 20.3 Å². The number of carbonyl (C=O) groups is 1. The number of nitrogens with one attached hydrogen (secondary N) is 3. The second-order valence-corrected chi connectivity index (χ2v) is 7.19. The summed E-state index contributed by atoms with van der Waals surface area (Å²) in [7, 11) is 0. The monoisotopic (exact) mass is 360 g/mol. The largest absolute Gasteiger partial charge is 0.345 e. The zero-order valence-electron chi connectivity index (χ0n) is 13.4. The molecule has 6 nitrogen and oxygen atoms in total. The van der Waals surface area contributed by atoms with Crippen molar-refractivity contribution in [3.05, 3.63) is 54.5 Å². The van der Waals surface area contributed by atoms with Gasteiger partial charge < -0.3 is 10.3 Å². The van der Waals surface area contributed by atoms with E-state index in [9.17, 15) is 9.59 Å². The molecule has 3 rings (SSSR count). The second kappa shape index (κ2) is 6.29. The predicted molar refractivity (Wildman–Crippen MR) is 97.2 cm³/mol. The van der Waals surface area contributed by atoms with Crippen molar-refractivity contribution in [2.75, 3.05) is 0 Å². The van der Waals surface area contributed by atoms with E-state index in [1.54, 1.807) is 29.5 Å². The van der Waals surface area contributed by atoms with Gasteiger partial charge in [-0.2, -0.15) is 0 Å². The molecular weight excluding hydrogens is 344 g/mol. The number of aromatic nitrogens is 3. The standard InChI is InChI=1S/C16H16N4O2S2/c1-7-13(24-9(3)17-7)8(2)18-14(21)10-4-5-11-12(6-10)19-16(23)20-15(11)22/h4-6,8H,1-3H3,(H,18,21)(H2,19,20,22,23). The molecule has 0 aliphatic heterocycles. The van der Waals surface area contributed by atoms with Crippen LogP contribution in [0.15, 0.2) is 23.0 Å². The number of rotatable bonds is 3. The van der Waals surface area contributed by atoms with Crippen LogP contribution in [0.25, 0.3) is 10.9 Å². The molecule has 0 radical (unpaired) electrons. The van der Waals surface area contributed by atoms with E-state index in [4.69, 9.17) is 12.2 Å². The highest BCUT2D eigenvalue weighted by molar-refractivity contribution is 7.71. The number of hydrogen-bond acceptors (Lipinski definition) is 5. The Labute approximate surface area is 147 Å². The lowest BCUT2D eigenvalue weighted by molar-refractivity contribution is 0.0940. The van der Waals surface area contributed by atoms with Crippen LogP contribution in [0.3, 0.4) is 0 Å². The summed E-state index contributed by atoms with van der Waals surface area (Å²) in [4.78, 5) is 35.2. The Morgan fingerprint density at radius 2 is 2.08 bits per heavy atom. The third-order valence-electron chi connectivity index (χ3n) is 3.68. The Bertz CT molecular complexity index is 1050. The van der Waals surface area contributed by atoms with Gasteiger partial charge in [0, 0.05) is 10.4 Å². The van der Waals surface area contributed by atoms with Crippen molar-refractivity contribution in [3.63, 3.8) is 0 Å². The number of H-pyrrole nitrogens is 2. The van der Waals surface area contributed by atoms with Gasteiger partial charge in [0.15, 0.2) is 4.77 Å². The Hall–Kier alpha value is -2.32. The average molecular weight is 360 g/mol. The third kappa shape index (κ3) is 3.15. The van der Waals surface area contributed by atoms with Crippen LogP contribution in [-0.2, 0) is 0 Å². The topological polar surface area (TPSA) is 90.6 Å². The minimum absolute atomic E-state index is 0.142. The van der Waals surface area contributed by atoms with Crippen LogP contribution >= 0.6 is 23.6 Å². The SMILES string of the molecule is Cc1nc(C)c(C(C)NC(=O)c2ccc3c(=O)[nH]c(=S)[nH]c3c2)s1. The number of nitrogens with zero attached hydrogens (tertiary/aromatic N) is 1. The van der Waals surface area contributed by atoms with Crippen LogP contribution in [0.1, 0.15) is 38.9 Å². The number of thiazole rings is 1. The maximum absolute atomic E-state index is 12.5. The molecule has 0 fully saturated rings. The van der Waals surface area contributed by atoms with E-state index in [1.165, 1.54) is 0 Å². The third-order valence-corrected chi connectivity index (χ3v) is 5.14. The molecule has 0 aliphatic carbocycles. The minimum atomic E-state index is -0.273. The fourth-order valence-electron chi connectivity index (χ4n) is 2.61. The molecular formula is C16H16N4O2S2. The van der Waals surface area contributed by atoms with Gasteiger partial charge in [0.05, 0.1) is 27.6 Å². The quantitative estimate of drug-likeness (QED) is 0.626. The van der Waals surface area contributed by atoms with Crippen molar-refractivity contribution in [3.8, 4) is 0 Å². The molecule has 2 heterocycles. The van der Waals surface area contributed by atoms with Gasteiger partial charge in [0.1, 0.15) is 0 Å². The van der Waals surface area contributed by atoms with E-state index < -0.39 is 0 Å². The van der Waals surface area contributed by atoms with Crippen LogP contribution in [0.4, 0.5) is 0 Å². The first kappa shape index (κ1) is 16.5. The number of hydrogen-bond donors (Lipinski definition) is 3. The fourth-order valence-corrected chi connectivity index (χ4v) is 3.74. The molecule has 0 aliphatic rings. The summed E-state index contributed by atoms with van der Waals surface area (Å²) in [5, 5.41) is 4.40. The van der Waals surface area contributed by atoms with E-state index in [1.807, 2.05) is 20.8 Å². The number of benzene rings is 1. The van der Waals surface area contributed by atoms with Gasteiger partial charge in [0.2, 0.25) is 0 Å². The summed E-state index contributed by atoms with van der Waals surface area (Å²) in [5.74, 6) is -0.213. The van der Waals surface area contributed by atoms with Gasteiger partial charge in [-0.05, 0) is 51.2 Å². The zero-order valence-corrected chi connectivity index (χ0v) is 15.0. The van der Waals surface area contributed by atoms with E-state index in [-0.39, 0.29) is 22.3 Å². The normalized spacial score (nSPS) is 12.3. The lowest BCUT2D eigenvalue weighted by Gasteiger charge is -2.13. The Balaban J connectivity index is 1.90. The van der Waals surface area contributed by atoms with Crippen LogP contribution in [0.5, 0.6) is 0 Å². The highest BCUT2D eigenvalue weighted by Crippen LogP contribution is 2.24. The first-order chi connectivity index (χ1) is 11.3. The zero-order chi connectivity index (χ0) is 17.4. The summed E-state index contributed by atoms with van der Waals surface area (Å²) in [6, 6.07) is 4.73. The predicted octanol–water partition coefficient (Wildman–Crippen LogP) is 3.15. The highest BCUT2D eigenvalue weighted by Gasteiger charge is 2.16. The van der Waals surface area contributed by atoms with Gasteiger partial charge in [0.25, 0.3) is 11.5 Å². The van der Waals surface area contributed by atoms with E-state index in [0.717, 1.165) is 15.6 Å². The molecule has 124 valence electrons. The maximum atomic E-state index is 12.5. The molecule has 3 N–H and O–H groups in total. The molecule has 8 heteroatoms. The molecule has 1 amide bonds. The van der Waals surface area contributed by atoms with Gasteiger partial charge in [-0.1, -0.05) is 0 Å². The lowest BCUT2D eigenvalue weighted by Crippen LogP contribution is -2.26. The van der Waals surface area contributed by atoms with Crippen molar-refractivity contribution >= 4 is 40.4 Å².